The Balaban J connectivity index is 1.99. The molecule has 60 valence electrons. The lowest BCUT2D eigenvalue weighted by Crippen LogP contribution is -2.41. The van der Waals surface area contributed by atoms with Crippen LogP contribution in [0, 0.1) is 22.7 Å². The minimum absolute atomic E-state index is 0.0922. The third-order valence-corrected chi connectivity index (χ3v) is 3.31. The average molecular weight is 150 g/mol. The molecule has 2 aliphatic carbocycles. The fourth-order valence-electron chi connectivity index (χ4n) is 1.90. The van der Waals surface area contributed by atoms with Gasteiger partial charge in [0.2, 0.25) is 0 Å². The first-order valence-corrected chi connectivity index (χ1v) is 4.45. The fraction of sp³-hybridized carbons (Fsp3) is 0.889. The summed E-state index contributed by atoms with van der Waals surface area (Å²) in [5.74, 6) is 0.664. The lowest BCUT2D eigenvalue weighted by molar-refractivity contribution is 0.221. The molecule has 2 rings (SSSR count). The first kappa shape index (κ1) is 7.12. The van der Waals surface area contributed by atoms with E-state index in [-0.39, 0.29) is 11.5 Å². The molecule has 0 aromatic rings. The van der Waals surface area contributed by atoms with E-state index in [0.29, 0.717) is 5.92 Å². The standard InChI is InChI=1S/C9H14N2/c10-6-9(4-5-9)8(11)7-2-1-3-7/h7-8H,1-5,11H2. The van der Waals surface area contributed by atoms with Crippen molar-refractivity contribution in [2.24, 2.45) is 17.1 Å². The van der Waals surface area contributed by atoms with E-state index in [0.717, 1.165) is 12.8 Å². The summed E-state index contributed by atoms with van der Waals surface area (Å²) in [7, 11) is 0. The van der Waals surface area contributed by atoms with Crippen LogP contribution in [0.25, 0.3) is 0 Å². The van der Waals surface area contributed by atoms with Gasteiger partial charge >= 0.3 is 0 Å². The van der Waals surface area contributed by atoms with Crippen LogP contribution in [0.2, 0.25) is 0 Å². The van der Waals surface area contributed by atoms with E-state index >= 15 is 0 Å². The molecule has 0 spiro atoms. The van der Waals surface area contributed by atoms with Gasteiger partial charge in [0.15, 0.2) is 0 Å². The summed E-state index contributed by atoms with van der Waals surface area (Å²) in [6.07, 6.45) is 5.91. The van der Waals surface area contributed by atoms with E-state index in [4.69, 9.17) is 11.0 Å². The molecule has 0 bridgehead atoms. The summed E-state index contributed by atoms with van der Waals surface area (Å²) >= 11 is 0. The van der Waals surface area contributed by atoms with Crippen LogP contribution < -0.4 is 5.73 Å². The predicted molar refractivity (Wildman–Crippen MR) is 42.6 cm³/mol. The van der Waals surface area contributed by atoms with Crippen molar-refractivity contribution in [2.45, 2.75) is 38.1 Å². The SMILES string of the molecule is N#CC1(C(N)C2CCC2)CC1. The second-order valence-electron chi connectivity index (χ2n) is 3.98. The Labute approximate surface area is 67.4 Å². The molecule has 2 saturated carbocycles. The van der Waals surface area contributed by atoms with Crippen molar-refractivity contribution in [1.82, 2.24) is 0 Å². The Kier molecular flexibility index (Phi) is 1.43. The molecule has 2 N–H and O–H groups in total. The van der Waals surface area contributed by atoms with E-state index in [9.17, 15) is 0 Å². The van der Waals surface area contributed by atoms with E-state index in [1.165, 1.54) is 19.3 Å². The highest BCUT2D eigenvalue weighted by Crippen LogP contribution is 2.52. The topological polar surface area (TPSA) is 49.8 Å². The smallest absolute Gasteiger partial charge is 0.0728 e. The van der Waals surface area contributed by atoms with Gasteiger partial charge in [0, 0.05) is 6.04 Å². The Bertz CT molecular complexity index is 196. The zero-order chi connectivity index (χ0) is 7.90. The van der Waals surface area contributed by atoms with Crippen LogP contribution in [0.15, 0.2) is 0 Å². The number of hydrogen-bond acceptors (Lipinski definition) is 2. The van der Waals surface area contributed by atoms with Crippen molar-refractivity contribution in [3.8, 4) is 6.07 Å². The molecular formula is C9H14N2. The quantitative estimate of drug-likeness (QED) is 0.647. The van der Waals surface area contributed by atoms with Gasteiger partial charge in [-0.15, -0.1) is 0 Å². The number of rotatable bonds is 2. The molecule has 1 atom stereocenters. The van der Waals surface area contributed by atoms with Gasteiger partial charge in [0.1, 0.15) is 0 Å². The highest BCUT2D eigenvalue weighted by Gasteiger charge is 2.51. The van der Waals surface area contributed by atoms with Crippen molar-refractivity contribution in [2.75, 3.05) is 0 Å². The van der Waals surface area contributed by atoms with Gasteiger partial charge in [-0.2, -0.15) is 5.26 Å². The summed E-state index contributed by atoms with van der Waals surface area (Å²) in [6.45, 7) is 0. The fourth-order valence-corrected chi connectivity index (χ4v) is 1.90. The van der Waals surface area contributed by atoms with Gasteiger partial charge in [0.05, 0.1) is 11.5 Å². The highest BCUT2D eigenvalue weighted by atomic mass is 14.8. The molecule has 2 heteroatoms. The van der Waals surface area contributed by atoms with Crippen molar-refractivity contribution in [1.29, 1.82) is 5.26 Å². The minimum atomic E-state index is -0.0922. The Morgan fingerprint density at radius 1 is 1.45 bits per heavy atom. The highest BCUT2D eigenvalue weighted by molar-refractivity contribution is 5.17. The molecule has 0 aromatic heterocycles. The summed E-state index contributed by atoms with van der Waals surface area (Å²) < 4.78 is 0. The van der Waals surface area contributed by atoms with Crippen molar-refractivity contribution >= 4 is 0 Å². The van der Waals surface area contributed by atoms with Gasteiger partial charge in [0.25, 0.3) is 0 Å². The molecule has 0 heterocycles. The van der Waals surface area contributed by atoms with Crippen LogP contribution in [0.3, 0.4) is 0 Å². The molecule has 11 heavy (non-hydrogen) atoms. The van der Waals surface area contributed by atoms with Crippen LogP contribution in [-0.2, 0) is 0 Å². The first-order valence-electron chi connectivity index (χ1n) is 4.45. The number of hydrogen-bond donors (Lipinski definition) is 1. The number of nitrogens with two attached hydrogens (primary N) is 1. The van der Waals surface area contributed by atoms with Crippen molar-refractivity contribution in [3.63, 3.8) is 0 Å². The van der Waals surface area contributed by atoms with Gasteiger partial charge in [-0.05, 0) is 31.6 Å². The maximum Gasteiger partial charge on any atom is 0.0728 e. The Hall–Kier alpha value is -0.550. The van der Waals surface area contributed by atoms with Gasteiger partial charge < -0.3 is 5.73 Å². The predicted octanol–water partition coefficient (Wildman–Crippen LogP) is 1.42. The summed E-state index contributed by atoms with van der Waals surface area (Å²) in [5.41, 5.74) is 5.92. The lowest BCUT2D eigenvalue weighted by atomic mass is 9.74. The lowest BCUT2D eigenvalue weighted by Gasteiger charge is -2.33. The summed E-state index contributed by atoms with van der Waals surface area (Å²) in [4.78, 5) is 0. The normalized spacial score (nSPS) is 30.2. The molecular weight excluding hydrogens is 136 g/mol. The largest absolute Gasteiger partial charge is 0.326 e. The van der Waals surface area contributed by atoms with Gasteiger partial charge in [-0.3, -0.25) is 0 Å². The van der Waals surface area contributed by atoms with Crippen molar-refractivity contribution < 1.29 is 0 Å². The van der Waals surface area contributed by atoms with E-state index < -0.39 is 0 Å². The molecule has 2 nitrogen and oxygen atoms in total. The third-order valence-electron chi connectivity index (χ3n) is 3.31. The zero-order valence-corrected chi connectivity index (χ0v) is 6.71. The number of nitrogens with zero attached hydrogens (tertiary/aromatic N) is 1. The minimum Gasteiger partial charge on any atom is -0.326 e. The molecule has 0 amide bonds. The molecule has 0 aliphatic heterocycles. The first-order chi connectivity index (χ1) is 5.28. The Morgan fingerprint density at radius 3 is 2.36 bits per heavy atom. The third kappa shape index (κ3) is 0.954. The van der Waals surface area contributed by atoms with E-state index in [1.807, 2.05) is 0 Å². The molecule has 2 fully saturated rings. The molecule has 2 aliphatic rings. The van der Waals surface area contributed by atoms with Gasteiger partial charge in [-0.1, -0.05) is 6.42 Å². The molecule has 0 radical (unpaired) electrons. The zero-order valence-electron chi connectivity index (χ0n) is 6.71. The maximum absolute atomic E-state index is 8.87. The van der Waals surface area contributed by atoms with E-state index in [1.54, 1.807) is 0 Å². The summed E-state index contributed by atoms with van der Waals surface area (Å²) in [6, 6.07) is 2.56. The second-order valence-corrected chi connectivity index (χ2v) is 3.98. The molecule has 0 aromatic carbocycles. The molecule has 1 unspecified atom stereocenters. The van der Waals surface area contributed by atoms with Crippen LogP contribution in [-0.4, -0.2) is 6.04 Å². The van der Waals surface area contributed by atoms with Crippen LogP contribution in [0.5, 0.6) is 0 Å². The number of nitriles is 1. The second kappa shape index (κ2) is 2.22. The monoisotopic (exact) mass is 150 g/mol. The van der Waals surface area contributed by atoms with E-state index in [2.05, 4.69) is 6.07 Å². The molecule has 0 saturated heterocycles. The van der Waals surface area contributed by atoms with Crippen LogP contribution in [0.4, 0.5) is 0 Å². The summed E-state index contributed by atoms with van der Waals surface area (Å²) in [5, 5.41) is 8.87. The van der Waals surface area contributed by atoms with Crippen LogP contribution in [0.1, 0.15) is 32.1 Å². The average Bonchev–Trinajstić information content (AvgIpc) is 2.63. The van der Waals surface area contributed by atoms with Crippen molar-refractivity contribution in [3.05, 3.63) is 0 Å². The van der Waals surface area contributed by atoms with Crippen LogP contribution >= 0.6 is 0 Å². The Morgan fingerprint density at radius 2 is 2.09 bits per heavy atom. The van der Waals surface area contributed by atoms with Gasteiger partial charge in [-0.25, -0.2) is 0 Å². The maximum atomic E-state index is 8.87.